The van der Waals surface area contributed by atoms with E-state index in [1.165, 1.54) is 5.56 Å². The number of thiocarbonyl (C=S) groups is 1. The van der Waals surface area contributed by atoms with Crippen molar-refractivity contribution in [3.63, 3.8) is 0 Å². The molecule has 0 aromatic heterocycles. The van der Waals surface area contributed by atoms with Gasteiger partial charge in [-0.15, -0.1) is 0 Å². The topological polar surface area (TPSA) is 45.8 Å². The van der Waals surface area contributed by atoms with Gasteiger partial charge in [0.25, 0.3) is 0 Å². The van der Waals surface area contributed by atoms with Crippen LogP contribution in [0.4, 0.5) is 0 Å². The number of benzene rings is 2. The lowest BCUT2D eigenvalue weighted by atomic mass is 9.80. The molecule has 2 aromatic rings. The molecule has 1 fully saturated rings. The van der Waals surface area contributed by atoms with E-state index in [4.69, 9.17) is 21.7 Å². The van der Waals surface area contributed by atoms with Crippen LogP contribution in [0.25, 0.3) is 0 Å². The summed E-state index contributed by atoms with van der Waals surface area (Å²) in [6.45, 7) is 10.5. The Balaban J connectivity index is 1.79. The van der Waals surface area contributed by atoms with Crippen LogP contribution in [0.3, 0.4) is 0 Å². The normalized spacial score (nSPS) is 17.4. The van der Waals surface area contributed by atoms with Gasteiger partial charge in [-0.25, -0.2) is 0 Å². The minimum absolute atomic E-state index is 0.0582. The third-order valence-corrected chi connectivity index (χ3v) is 6.22. The van der Waals surface area contributed by atoms with Gasteiger partial charge in [0.1, 0.15) is 11.5 Å². The maximum atomic E-state index is 5.95. The fourth-order valence-corrected chi connectivity index (χ4v) is 5.13. The SMILES string of the molecule is COc1ccc(CN(Cc2cccc(OC)c2)C(=S)NC2CC(C)(C)NC(C)(C)C2)cc1. The van der Waals surface area contributed by atoms with Gasteiger partial charge in [-0.1, -0.05) is 24.3 Å². The summed E-state index contributed by atoms with van der Waals surface area (Å²) in [5, 5.41) is 8.21. The molecule has 1 aliphatic heterocycles. The monoisotopic (exact) mass is 455 g/mol. The van der Waals surface area contributed by atoms with Crippen molar-refractivity contribution in [3.8, 4) is 11.5 Å². The number of nitrogens with zero attached hydrogens (tertiary/aromatic N) is 1. The van der Waals surface area contributed by atoms with Crippen molar-refractivity contribution >= 4 is 17.3 Å². The Labute approximate surface area is 198 Å². The summed E-state index contributed by atoms with van der Waals surface area (Å²) in [5.74, 6) is 1.71. The van der Waals surface area contributed by atoms with Gasteiger partial charge >= 0.3 is 0 Å². The van der Waals surface area contributed by atoms with Crippen LogP contribution in [-0.4, -0.2) is 41.4 Å². The molecule has 0 spiro atoms. The Morgan fingerprint density at radius 1 is 0.938 bits per heavy atom. The minimum atomic E-state index is 0.0582. The first-order valence-electron chi connectivity index (χ1n) is 11.2. The number of ether oxygens (including phenoxy) is 2. The molecule has 0 aliphatic carbocycles. The predicted octanol–water partition coefficient (Wildman–Crippen LogP) is 4.89. The highest BCUT2D eigenvalue weighted by atomic mass is 32.1. The van der Waals surface area contributed by atoms with Gasteiger partial charge in [-0.05, 0) is 88.1 Å². The molecule has 6 heteroatoms. The number of hydrogen-bond acceptors (Lipinski definition) is 4. The van der Waals surface area contributed by atoms with Gasteiger partial charge < -0.3 is 25.0 Å². The summed E-state index contributed by atoms with van der Waals surface area (Å²) in [6.07, 6.45) is 2.04. The molecule has 0 atom stereocenters. The standard InChI is InChI=1S/C26H37N3O2S/c1-25(2)15-21(16-26(3,4)28-25)27-24(32)29(17-19-10-12-22(30-5)13-11-19)18-20-8-7-9-23(14-20)31-6/h7-14,21,28H,15-18H2,1-6H3,(H,27,32). The second-order valence-corrected chi connectivity index (χ2v) is 10.4. The van der Waals surface area contributed by atoms with Crippen LogP contribution in [0.2, 0.25) is 0 Å². The van der Waals surface area contributed by atoms with Crippen molar-refractivity contribution in [2.45, 2.75) is 70.7 Å². The quantitative estimate of drug-likeness (QED) is 0.580. The van der Waals surface area contributed by atoms with Gasteiger partial charge in [-0.2, -0.15) is 0 Å². The van der Waals surface area contributed by atoms with Crippen LogP contribution in [0.15, 0.2) is 48.5 Å². The average molecular weight is 456 g/mol. The zero-order valence-electron chi connectivity index (χ0n) is 20.2. The molecule has 0 unspecified atom stereocenters. The van der Waals surface area contributed by atoms with Crippen molar-refractivity contribution in [1.82, 2.24) is 15.5 Å². The summed E-state index contributed by atoms with van der Waals surface area (Å²) in [6, 6.07) is 16.7. The summed E-state index contributed by atoms with van der Waals surface area (Å²) in [5.41, 5.74) is 2.46. The van der Waals surface area contributed by atoms with Crippen LogP contribution in [0.1, 0.15) is 51.7 Å². The molecule has 5 nitrogen and oxygen atoms in total. The summed E-state index contributed by atoms with van der Waals surface area (Å²) in [7, 11) is 3.38. The number of nitrogens with one attached hydrogen (secondary N) is 2. The molecule has 0 saturated carbocycles. The largest absolute Gasteiger partial charge is 0.497 e. The zero-order valence-corrected chi connectivity index (χ0v) is 21.0. The minimum Gasteiger partial charge on any atom is -0.497 e. The fourth-order valence-electron chi connectivity index (χ4n) is 4.83. The molecule has 3 rings (SSSR count). The van der Waals surface area contributed by atoms with Crippen molar-refractivity contribution in [2.75, 3.05) is 14.2 Å². The van der Waals surface area contributed by atoms with E-state index in [-0.39, 0.29) is 11.1 Å². The van der Waals surface area contributed by atoms with E-state index in [2.05, 4.69) is 67.5 Å². The molecule has 0 bridgehead atoms. The highest BCUT2D eigenvalue weighted by molar-refractivity contribution is 7.80. The summed E-state index contributed by atoms with van der Waals surface area (Å²) < 4.78 is 10.7. The third-order valence-electron chi connectivity index (χ3n) is 5.85. The number of hydrogen-bond donors (Lipinski definition) is 2. The van der Waals surface area contributed by atoms with Crippen LogP contribution in [-0.2, 0) is 13.1 Å². The van der Waals surface area contributed by atoms with Gasteiger partial charge in [0, 0.05) is 30.2 Å². The Kier molecular flexibility index (Phi) is 7.67. The first-order valence-corrected chi connectivity index (χ1v) is 11.6. The molecule has 1 heterocycles. The summed E-state index contributed by atoms with van der Waals surface area (Å²) >= 11 is 5.95. The molecule has 2 N–H and O–H groups in total. The van der Waals surface area contributed by atoms with Gasteiger partial charge in [0.15, 0.2) is 5.11 Å². The Bertz CT molecular complexity index is 896. The zero-order chi connectivity index (χ0) is 23.4. The maximum absolute atomic E-state index is 5.95. The second kappa shape index (κ2) is 10.1. The van der Waals surface area contributed by atoms with E-state index >= 15 is 0 Å². The van der Waals surface area contributed by atoms with Crippen LogP contribution in [0.5, 0.6) is 11.5 Å². The van der Waals surface area contributed by atoms with Gasteiger partial charge in [0.2, 0.25) is 0 Å². The van der Waals surface area contributed by atoms with E-state index in [1.54, 1.807) is 14.2 Å². The Morgan fingerprint density at radius 3 is 2.12 bits per heavy atom. The van der Waals surface area contributed by atoms with Crippen LogP contribution < -0.4 is 20.1 Å². The van der Waals surface area contributed by atoms with Gasteiger partial charge in [-0.3, -0.25) is 0 Å². The predicted molar refractivity (Wildman–Crippen MR) is 135 cm³/mol. The first-order chi connectivity index (χ1) is 15.1. The maximum Gasteiger partial charge on any atom is 0.169 e. The first kappa shape index (κ1) is 24.3. The van der Waals surface area contributed by atoms with E-state index in [0.29, 0.717) is 19.1 Å². The van der Waals surface area contributed by atoms with E-state index < -0.39 is 0 Å². The van der Waals surface area contributed by atoms with E-state index in [1.807, 2.05) is 24.3 Å². The summed E-state index contributed by atoms with van der Waals surface area (Å²) in [4.78, 5) is 2.23. The smallest absolute Gasteiger partial charge is 0.169 e. The molecule has 2 aromatic carbocycles. The molecule has 1 saturated heterocycles. The van der Waals surface area contributed by atoms with Crippen LogP contribution >= 0.6 is 12.2 Å². The van der Waals surface area contributed by atoms with Crippen molar-refractivity contribution in [2.24, 2.45) is 0 Å². The van der Waals surface area contributed by atoms with E-state index in [9.17, 15) is 0 Å². The molecule has 32 heavy (non-hydrogen) atoms. The number of methoxy groups -OCH3 is 2. The van der Waals surface area contributed by atoms with Crippen molar-refractivity contribution in [1.29, 1.82) is 0 Å². The molecule has 174 valence electrons. The highest BCUT2D eigenvalue weighted by Crippen LogP contribution is 2.29. The van der Waals surface area contributed by atoms with Gasteiger partial charge in [0.05, 0.1) is 14.2 Å². The number of rotatable bonds is 7. The van der Waals surface area contributed by atoms with Crippen molar-refractivity contribution < 1.29 is 9.47 Å². The number of piperidine rings is 1. The lowest BCUT2D eigenvalue weighted by molar-refractivity contribution is 0.153. The molecule has 1 aliphatic rings. The van der Waals surface area contributed by atoms with Crippen molar-refractivity contribution in [3.05, 3.63) is 59.7 Å². The molecular weight excluding hydrogens is 418 g/mol. The third kappa shape index (κ3) is 6.84. The molecule has 0 radical (unpaired) electrons. The second-order valence-electron chi connectivity index (χ2n) is 10.0. The Morgan fingerprint density at radius 2 is 1.53 bits per heavy atom. The lowest BCUT2D eigenvalue weighted by Gasteiger charge is -2.47. The Hall–Kier alpha value is -2.31. The lowest BCUT2D eigenvalue weighted by Crippen LogP contribution is -2.62. The highest BCUT2D eigenvalue weighted by Gasteiger charge is 2.38. The fraction of sp³-hybridized carbons (Fsp3) is 0.500. The average Bonchev–Trinajstić information content (AvgIpc) is 2.71. The van der Waals surface area contributed by atoms with Crippen LogP contribution in [0, 0.1) is 0 Å². The molecule has 0 amide bonds. The van der Waals surface area contributed by atoms with E-state index in [0.717, 1.165) is 35.0 Å². The molecular formula is C26H37N3O2S.